The Kier molecular flexibility index (Phi) is 6.36. The predicted molar refractivity (Wildman–Crippen MR) is 124 cm³/mol. The molecule has 156 valence electrons. The highest BCUT2D eigenvalue weighted by Gasteiger charge is 2.45. The van der Waals surface area contributed by atoms with Crippen molar-refractivity contribution in [2.24, 2.45) is 5.92 Å². The summed E-state index contributed by atoms with van der Waals surface area (Å²) >= 11 is 0. The largest absolute Gasteiger partial charge is 0.389 e. The Hall–Kier alpha value is -2.42. The number of hydrogen-bond acceptors (Lipinski definition) is 2. The van der Waals surface area contributed by atoms with Gasteiger partial charge in [-0.3, -0.25) is 4.90 Å². The van der Waals surface area contributed by atoms with Crippen LogP contribution >= 0.6 is 0 Å². The van der Waals surface area contributed by atoms with Gasteiger partial charge in [-0.05, 0) is 35.4 Å². The Morgan fingerprint density at radius 1 is 0.833 bits per heavy atom. The minimum atomic E-state index is -0.759. The van der Waals surface area contributed by atoms with Crippen LogP contribution in [0.3, 0.4) is 0 Å². The molecule has 3 aromatic rings. The van der Waals surface area contributed by atoms with E-state index in [-0.39, 0.29) is 5.92 Å². The van der Waals surface area contributed by atoms with Crippen LogP contribution in [0.5, 0.6) is 0 Å². The van der Waals surface area contributed by atoms with Gasteiger partial charge in [-0.15, -0.1) is 0 Å². The molecule has 3 aromatic carbocycles. The van der Waals surface area contributed by atoms with Gasteiger partial charge in [-0.25, -0.2) is 0 Å². The van der Waals surface area contributed by atoms with E-state index in [1.165, 1.54) is 16.7 Å². The molecule has 2 heteroatoms. The van der Waals surface area contributed by atoms with E-state index in [9.17, 15) is 5.11 Å². The molecule has 1 heterocycles. The van der Waals surface area contributed by atoms with Crippen LogP contribution in [0.1, 0.15) is 49.3 Å². The van der Waals surface area contributed by atoms with Gasteiger partial charge in [0.15, 0.2) is 0 Å². The highest BCUT2D eigenvalue weighted by molar-refractivity contribution is 5.36. The maximum atomic E-state index is 12.1. The monoisotopic (exact) mass is 399 g/mol. The SMILES string of the molecule is CC(C)C1CC(O)(C(c2ccccc2)c2ccccc2)CCN1Cc1ccccc1. The van der Waals surface area contributed by atoms with E-state index in [2.05, 4.69) is 110 Å². The Labute approximate surface area is 181 Å². The van der Waals surface area contributed by atoms with Crippen LogP contribution in [0.2, 0.25) is 0 Å². The minimum Gasteiger partial charge on any atom is -0.389 e. The van der Waals surface area contributed by atoms with Crippen LogP contribution in [-0.4, -0.2) is 28.2 Å². The molecule has 1 saturated heterocycles. The van der Waals surface area contributed by atoms with Crippen LogP contribution in [0.25, 0.3) is 0 Å². The zero-order valence-corrected chi connectivity index (χ0v) is 18.1. The first-order valence-electron chi connectivity index (χ1n) is 11.2. The Morgan fingerprint density at radius 2 is 1.33 bits per heavy atom. The summed E-state index contributed by atoms with van der Waals surface area (Å²) in [7, 11) is 0. The van der Waals surface area contributed by atoms with E-state index < -0.39 is 5.60 Å². The highest BCUT2D eigenvalue weighted by atomic mass is 16.3. The summed E-state index contributed by atoms with van der Waals surface area (Å²) in [6.45, 7) is 6.42. The lowest BCUT2D eigenvalue weighted by Crippen LogP contribution is -2.54. The van der Waals surface area contributed by atoms with Crippen LogP contribution < -0.4 is 0 Å². The van der Waals surface area contributed by atoms with Gasteiger partial charge in [-0.2, -0.15) is 0 Å². The van der Waals surface area contributed by atoms with Gasteiger partial charge in [0.1, 0.15) is 0 Å². The molecule has 1 fully saturated rings. The minimum absolute atomic E-state index is 0.0139. The molecule has 0 radical (unpaired) electrons. The first-order chi connectivity index (χ1) is 14.6. The molecule has 0 spiro atoms. The first-order valence-corrected chi connectivity index (χ1v) is 11.2. The quantitative estimate of drug-likeness (QED) is 0.560. The van der Waals surface area contributed by atoms with Gasteiger partial charge >= 0.3 is 0 Å². The summed E-state index contributed by atoms with van der Waals surface area (Å²) in [6.07, 6.45) is 1.56. The molecule has 2 atom stereocenters. The molecule has 2 nitrogen and oxygen atoms in total. The average molecular weight is 400 g/mol. The Balaban J connectivity index is 1.65. The van der Waals surface area contributed by atoms with Crippen molar-refractivity contribution in [2.75, 3.05) is 6.54 Å². The van der Waals surface area contributed by atoms with Gasteiger partial charge < -0.3 is 5.11 Å². The topological polar surface area (TPSA) is 23.5 Å². The second kappa shape index (κ2) is 9.16. The second-order valence-electron chi connectivity index (χ2n) is 9.08. The number of piperidine rings is 1. The molecule has 1 aliphatic rings. The summed E-state index contributed by atoms with van der Waals surface area (Å²) in [4.78, 5) is 2.57. The van der Waals surface area contributed by atoms with Gasteiger partial charge in [0.2, 0.25) is 0 Å². The van der Waals surface area contributed by atoms with Crippen molar-refractivity contribution in [1.82, 2.24) is 4.90 Å². The number of likely N-dealkylation sites (tertiary alicyclic amines) is 1. The van der Waals surface area contributed by atoms with Crippen molar-refractivity contribution in [1.29, 1.82) is 0 Å². The smallest absolute Gasteiger partial charge is 0.0783 e. The summed E-state index contributed by atoms with van der Waals surface area (Å²) in [5.41, 5.74) is 2.98. The fourth-order valence-electron chi connectivity index (χ4n) is 5.13. The maximum absolute atomic E-state index is 12.1. The van der Waals surface area contributed by atoms with Crippen molar-refractivity contribution < 1.29 is 5.11 Å². The van der Waals surface area contributed by atoms with E-state index in [0.29, 0.717) is 12.0 Å². The normalized spacial score (nSPS) is 22.5. The molecule has 0 aromatic heterocycles. The Morgan fingerprint density at radius 3 is 1.83 bits per heavy atom. The molecule has 1 aliphatic heterocycles. The molecule has 30 heavy (non-hydrogen) atoms. The number of rotatable bonds is 6. The van der Waals surface area contributed by atoms with Crippen LogP contribution in [0.4, 0.5) is 0 Å². The van der Waals surface area contributed by atoms with Crippen LogP contribution in [-0.2, 0) is 6.54 Å². The third-order valence-corrected chi connectivity index (χ3v) is 6.66. The Bertz CT molecular complexity index is 870. The predicted octanol–water partition coefficient (Wildman–Crippen LogP) is 5.87. The molecular formula is C28H33NO. The molecule has 1 N–H and O–H groups in total. The maximum Gasteiger partial charge on any atom is 0.0783 e. The van der Waals surface area contributed by atoms with Gasteiger partial charge in [0.25, 0.3) is 0 Å². The van der Waals surface area contributed by atoms with E-state index in [1.54, 1.807) is 0 Å². The second-order valence-corrected chi connectivity index (χ2v) is 9.08. The van der Waals surface area contributed by atoms with E-state index >= 15 is 0 Å². The fraction of sp³-hybridized carbons (Fsp3) is 0.357. The van der Waals surface area contributed by atoms with Crippen molar-refractivity contribution >= 4 is 0 Å². The molecule has 0 saturated carbocycles. The molecule has 4 rings (SSSR count). The third-order valence-electron chi connectivity index (χ3n) is 6.66. The van der Waals surface area contributed by atoms with Crippen molar-refractivity contribution in [3.8, 4) is 0 Å². The van der Waals surface area contributed by atoms with Crippen molar-refractivity contribution in [2.45, 2.75) is 50.8 Å². The van der Waals surface area contributed by atoms with E-state index in [1.807, 2.05) is 0 Å². The molecular weight excluding hydrogens is 366 g/mol. The summed E-state index contributed by atoms with van der Waals surface area (Å²) < 4.78 is 0. The summed E-state index contributed by atoms with van der Waals surface area (Å²) in [5.74, 6) is 0.466. The third kappa shape index (κ3) is 4.50. The zero-order chi connectivity index (χ0) is 21.0. The number of nitrogens with zero attached hydrogens (tertiary/aromatic N) is 1. The van der Waals surface area contributed by atoms with Crippen LogP contribution in [0, 0.1) is 5.92 Å². The van der Waals surface area contributed by atoms with E-state index in [0.717, 1.165) is 25.9 Å². The molecule has 0 bridgehead atoms. The lowest BCUT2D eigenvalue weighted by atomic mass is 9.69. The molecule has 0 amide bonds. The molecule has 0 aliphatic carbocycles. The van der Waals surface area contributed by atoms with Gasteiger partial charge in [0.05, 0.1) is 5.60 Å². The number of aliphatic hydroxyl groups is 1. The van der Waals surface area contributed by atoms with Crippen LogP contribution in [0.15, 0.2) is 91.0 Å². The zero-order valence-electron chi connectivity index (χ0n) is 18.1. The highest BCUT2D eigenvalue weighted by Crippen LogP contribution is 2.44. The first kappa shape index (κ1) is 20.8. The van der Waals surface area contributed by atoms with Crippen molar-refractivity contribution in [3.63, 3.8) is 0 Å². The number of benzene rings is 3. The molecule has 2 unspecified atom stereocenters. The summed E-state index contributed by atoms with van der Waals surface area (Å²) in [5, 5.41) is 12.1. The number of hydrogen-bond donors (Lipinski definition) is 1. The van der Waals surface area contributed by atoms with Crippen molar-refractivity contribution in [3.05, 3.63) is 108 Å². The average Bonchev–Trinajstić information content (AvgIpc) is 2.77. The van der Waals surface area contributed by atoms with Gasteiger partial charge in [-0.1, -0.05) is 105 Å². The summed E-state index contributed by atoms with van der Waals surface area (Å²) in [6, 6.07) is 32.1. The lowest BCUT2D eigenvalue weighted by molar-refractivity contribution is -0.0702. The standard InChI is InChI=1S/C28H33NO/c1-22(2)26-20-28(30,18-19-29(26)21-23-12-6-3-7-13-23)27(24-14-8-4-9-15-24)25-16-10-5-11-17-25/h3-17,22,26-27,30H,18-21H2,1-2H3. The lowest BCUT2D eigenvalue weighted by Gasteiger charge is -2.49. The van der Waals surface area contributed by atoms with E-state index in [4.69, 9.17) is 0 Å². The van der Waals surface area contributed by atoms with Gasteiger partial charge in [0, 0.05) is 25.0 Å². The fourth-order valence-corrected chi connectivity index (χ4v) is 5.13.